The zero-order valence-corrected chi connectivity index (χ0v) is 15.8. The second-order valence-electron chi connectivity index (χ2n) is 6.30. The Labute approximate surface area is 156 Å². The molecule has 0 saturated carbocycles. The van der Waals surface area contributed by atoms with Gasteiger partial charge < -0.3 is 5.32 Å². The predicted molar refractivity (Wildman–Crippen MR) is 103 cm³/mol. The van der Waals surface area contributed by atoms with Gasteiger partial charge in [-0.25, -0.2) is 9.97 Å². The highest BCUT2D eigenvalue weighted by molar-refractivity contribution is 6.65. The van der Waals surface area contributed by atoms with Gasteiger partial charge >= 0.3 is 0 Å². The van der Waals surface area contributed by atoms with Gasteiger partial charge in [-0.1, -0.05) is 41.4 Å². The monoisotopic (exact) mass is 379 g/mol. The second kappa shape index (κ2) is 6.40. The Hall–Kier alpha value is -1.55. The van der Waals surface area contributed by atoms with E-state index in [0.717, 1.165) is 16.8 Å². The molecule has 0 bridgehead atoms. The number of rotatable bonds is 2. The summed E-state index contributed by atoms with van der Waals surface area (Å²) in [7, 11) is 0. The van der Waals surface area contributed by atoms with Gasteiger partial charge in [-0.15, -0.1) is 0 Å². The maximum atomic E-state index is 6.50. The Bertz CT molecular complexity index is 852. The first kappa shape index (κ1) is 17.3. The lowest BCUT2D eigenvalue weighted by molar-refractivity contribution is 0.707. The molecule has 124 valence electrons. The van der Waals surface area contributed by atoms with E-state index in [2.05, 4.69) is 42.1 Å². The molecular weight excluding hydrogens is 365 g/mol. The fourth-order valence-electron chi connectivity index (χ4n) is 2.81. The maximum Gasteiger partial charge on any atom is 0.222 e. The number of benzene rings is 1. The van der Waals surface area contributed by atoms with Gasteiger partial charge in [-0.2, -0.15) is 0 Å². The van der Waals surface area contributed by atoms with E-state index in [1.165, 1.54) is 5.57 Å². The molecule has 1 aliphatic rings. The number of hydrogen-bond acceptors (Lipinski definition) is 3. The van der Waals surface area contributed by atoms with Crippen LogP contribution in [0.1, 0.15) is 37.5 Å². The first-order valence-corrected chi connectivity index (χ1v) is 8.56. The summed E-state index contributed by atoms with van der Waals surface area (Å²) in [5.41, 5.74) is 4.76. The average Bonchev–Trinajstić information content (AvgIpc) is 2.52. The lowest BCUT2D eigenvalue weighted by atomic mass is 9.90. The summed E-state index contributed by atoms with van der Waals surface area (Å²) in [4.78, 5) is 7.87. The molecule has 0 amide bonds. The van der Waals surface area contributed by atoms with Crippen LogP contribution in [0.2, 0.25) is 5.28 Å². The van der Waals surface area contributed by atoms with Crippen LogP contribution >= 0.6 is 34.8 Å². The number of hydrogen-bond donors (Lipinski definition) is 1. The van der Waals surface area contributed by atoms with Crippen LogP contribution in [-0.2, 0) is 0 Å². The molecule has 1 aromatic carbocycles. The fourth-order valence-corrected chi connectivity index (χ4v) is 3.34. The summed E-state index contributed by atoms with van der Waals surface area (Å²) in [5, 5.41) is 4.50. The predicted octanol–water partition coefficient (Wildman–Crippen LogP) is 6.04. The van der Waals surface area contributed by atoms with Crippen LogP contribution in [0.25, 0.3) is 15.6 Å². The van der Waals surface area contributed by atoms with Crippen LogP contribution in [0.5, 0.6) is 0 Å². The number of anilines is 1. The molecule has 0 atom stereocenters. The van der Waals surface area contributed by atoms with Crippen LogP contribution in [0.3, 0.4) is 0 Å². The average molecular weight is 381 g/mol. The molecule has 0 fully saturated rings. The minimum absolute atomic E-state index is 0.111. The van der Waals surface area contributed by atoms with Crippen molar-refractivity contribution in [2.24, 2.45) is 0 Å². The minimum atomic E-state index is -0.111. The van der Waals surface area contributed by atoms with E-state index in [4.69, 9.17) is 34.8 Å². The van der Waals surface area contributed by atoms with Crippen molar-refractivity contribution in [2.45, 2.75) is 26.3 Å². The van der Waals surface area contributed by atoms with Gasteiger partial charge in [0.05, 0.1) is 15.6 Å². The number of aromatic nitrogens is 2. The summed E-state index contributed by atoms with van der Waals surface area (Å²) >= 11 is 18.6. The van der Waals surface area contributed by atoms with E-state index in [9.17, 15) is 0 Å². The molecular formula is C18H16Cl3N3. The SMILES string of the molecule is CC1=CC(C)(C)Nc2cc(/C(Cl)=C(/Cl)c3cnc(Cl)nc3)ccc21. The van der Waals surface area contributed by atoms with Crippen molar-refractivity contribution in [3.63, 3.8) is 0 Å². The zero-order chi connectivity index (χ0) is 17.5. The van der Waals surface area contributed by atoms with Gasteiger partial charge in [-0.05, 0) is 49.6 Å². The van der Waals surface area contributed by atoms with Crippen molar-refractivity contribution in [3.05, 3.63) is 58.6 Å². The number of halogens is 3. The molecule has 0 aliphatic carbocycles. The van der Waals surface area contributed by atoms with Gasteiger partial charge in [0.1, 0.15) is 0 Å². The van der Waals surface area contributed by atoms with Crippen molar-refractivity contribution in [1.82, 2.24) is 9.97 Å². The maximum absolute atomic E-state index is 6.50. The van der Waals surface area contributed by atoms with E-state index in [1.54, 1.807) is 12.4 Å². The molecule has 0 unspecified atom stereocenters. The third-order valence-corrected chi connectivity index (χ3v) is 4.90. The Morgan fingerprint density at radius 2 is 1.67 bits per heavy atom. The number of nitrogens with one attached hydrogen (secondary N) is 1. The molecule has 0 spiro atoms. The Morgan fingerprint density at radius 3 is 2.33 bits per heavy atom. The molecule has 1 N–H and O–H groups in total. The van der Waals surface area contributed by atoms with Crippen molar-refractivity contribution < 1.29 is 0 Å². The molecule has 3 nitrogen and oxygen atoms in total. The number of nitrogens with zero attached hydrogens (tertiary/aromatic N) is 2. The standard InChI is InChI=1S/C18H16Cl3N3/c1-10-7-18(2,3)24-14-6-11(4-5-13(10)14)15(19)16(20)12-8-22-17(21)23-9-12/h4-9,24H,1-3H3/b16-15-. The van der Waals surface area contributed by atoms with E-state index in [1.807, 2.05) is 18.2 Å². The second-order valence-corrected chi connectivity index (χ2v) is 7.40. The Balaban J connectivity index is 2.03. The van der Waals surface area contributed by atoms with Gasteiger partial charge in [0.25, 0.3) is 0 Å². The topological polar surface area (TPSA) is 37.8 Å². The molecule has 2 heterocycles. The van der Waals surface area contributed by atoms with E-state index < -0.39 is 0 Å². The van der Waals surface area contributed by atoms with Crippen LogP contribution < -0.4 is 5.32 Å². The molecule has 2 aromatic rings. The fraction of sp³-hybridized carbons (Fsp3) is 0.222. The molecule has 6 heteroatoms. The third kappa shape index (κ3) is 3.44. The first-order chi connectivity index (χ1) is 11.3. The quantitative estimate of drug-likeness (QED) is 0.645. The Morgan fingerprint density at radius 1 is 1.04 bits per heavy atom. The van der Waals surface area contributed by atoms with Gasteiger partial charge in [0, 0.05) is 29.2 Å². The smallest absolute Gasteiger partial charge is 0.222 e. The van der Waals surface area contributed by atoms with Crippen molar-refractivity contribution in [1.29, 1.82) is 0 Å². The van der Waals surface area contributed by atoms with Crippen molar-refractivity contribution in [3.8, 4) is 0 Å². The molecule has 0 saturated heterocycles. The lowest BCUT2D eigenvalue weighted by Crippen LogP contribution is -2.31. The normalized spacial score (nSPS) is 16.7. The van der Waals surface area contributed by atoms with E-state index in [0.29, 0.717) is 15.6 Å². The van der Waals surface area contributed by atoms with Gasteiger partial charge in [0.2, 0.25) is 5.28 Å². The van der Waals surface area contributed by atoms with E-state index >= 15 is 0 Å². The summed E-state index contributed by atoms with van der Waals surface area (Å²) in [6, 6.07) is 6.01. The molecule has 24 heavy (non-hydrogen) atoms. The Kier molecular flexibility index (Phi) is 4.60. The van der Waals surface area contributed by atoms with E-state index in [-0.39, 0.29) is 10.8 Å². The highest BCUT2D eigenvalue weighted by atomic mass is 35.5. The zero-order valence-electron chi connectivity index (χ0n) is 13.5. The van der Waals surface area contributed by atoms with Crippen LogP contribution in [0.4, 0.5) is 5.69 Å². The number of allylic oxidation sites excluding steroid dienone is 1. The lowest BCUT2D eigenvalue weighted by Gasteiger charge is -2.31. The third-order valence-electron chi connectivity index (χ3n) is 3.80. The van der Waals surface area contributed by atoms with Crippen LogP contribution in [-0.4, -0.2) is 15.5 Å². The van der Waals surface area contributed by atoms with Crippen molar-refractivity contribution in [2.75, 3.05) is 5.32 Å². The minimum Gasteiger partial charge on any atom is -0.376 e. The first-order valence-electron chi connectivity index (χ1n) is 7.42. The summed E-state index contributed by atoms with van der Waals surface area (Å²) in [6.45, 7) is 6.36. The van der Waals surface area contributed by atoms with Crippen LogP contribution in [0, 0.1) is 0 Å². The highest BCUT2D eigenvalue weighted by Crippen LogP contribution is 2.38. The van der Waals surface area contributed by atoms with Crippen molar-refractivity contribution >= 4 is 56.1 Å². The number of fused-ring (bicyclic) bond motifs is 1. The highest BCUT2D eigenvalue weighted by Gasteiger charge is 2.23. The molecule has 1 aromatic heterocycles. The largest absolute Gasteiger partial charge is 0.376 e. The molecule has 3 rings (SSSR count). The summed E-state index contributed by atoms with van der Waals surface area (Å²) < 4.78 is 0. The van der Waals surface area contributed by atoms with Gasteiger partial charge in [0.15, 0.2) is 0 Å². The summed E-state index contributed by atoms with van der Waals surface area (Å²) in [5.74, 6) is 0. The molecule has 0 radical (unpaired) electrons. The molecule has 1 aliphatic heterocycles. The van der Waals surface area contributed by atoms with Gasteiger partial charge in [-0.3, -0.25) is 0 Å². The summed E-state index contributed by atoms with van der Waals surface area (Å²) in [6.07, 6.45) is 5.31. The van der Waals surface area contributed by atoms with Crippen LogP contribution in [0.15, 0.2) is 36.7 Å².